The van der Waals surface area contributed by atoms with Crippen LogP contribution < -0.4 is 5.56 Å². The number of aryl methyl sites for hydroxylation is 2. The first kappa shape index (κ1) is 9.21. The molecule has 0 atom stereocenters. The van der Waals surface area contributed by atoms with E-state index in [1.165, 1.54) is 0 Å². The highest BCUT2D eigenvalue weighted by Crippen LogP contribution is 2.21. The molecule has 0 saturated carbocycles. The molecule has 3 nitrogen and oxygen atoms in total. The van der Waals surface area contributed by atoms with Gasteiger partial charge in [0, 0.05) is 16.5 Å². The van der Waals surface area contributed by atoms with E-state index in [2.05, 4.69) is 9.97 Å². The molecule has 0 fully saturated rings. The Bertz CT molecular complexity index is 750. The van der Waals surface area contributed by atoms with Crippen LogP contribution in [0.25, 0.3) is 21.8 Å². The summed E-state index contributed by atoms with van der Waals surface area (Å²) in [6.45, 7) is 3.97. The maximum atomic E-state index is 11.9. The molecule has 0 aliphatic rings. The number of hydrogen-bond donors (Lipinski definition) is 2. The number of aromatic amines is 2. The number of H-pyrrole nitrogens is 2. The maximum absolute atomic E-state index is 11.9. The first-order valence-electron chi connectivity index (χ1n) is 5.27. The Morgan fingerprint density at radius 1 is 1.00 bits per heavy atom. The van der Waals surface area contributed by atoms with Crippen LogP contribution >= 0.6 is 0 Å². The second-order valence-electron chi connectivity index (χ2n) is 4.24. The number of nitrogens with one attached hydrogen (secondary N) is 2. The van der Waals surface area contributed by atoms with Gasteiger partial charge in [-0.15, -0.1) is 0 Å². The van der Waals surface area contributed by atoms with Gasteiger partial charge >= 0.3 is 0 Å². The lowest BCUT2D eigenvalue weighted by atomic mass is 10.1. The van der Waals surface area contributed by atoms with Crippen LogP contribution in [0, 0.1) is 13.8 Å². The standard InChI is InChI=1S/C13H12N2O/c1-7-3-4-9-10(5-7)13(16)15-11-6-8(2)14-12(9)11/h3-6,14H,1-2H3,(H,15,16). The second kappa shape index (κ2) is 2.98. The molecule has 0 saturated heterocycles. The Labute approximate surface area is 92.1 Å². The monoisotopic (exact) mass is 212 g/mol. The molecule has 80 valence electrons. The summed E-state index contributed by atoms with van der Waals surface area (Å²) < 4.78 is 0. The van der Waals surface area contributed by atoms with Crippen molar-refractivity contribution in [2.45, 2.75) is 13.8 Å². The Kier molecular flexibility index (Phi) is 1.72. The zero-order chi connectivity index (χ0) is 11.3. The van der Waals surface area contributed by atoms with E-state index >= 15 is 0 Å². The first-order valence-corrected chi connectivity index (χ1v) is 5.27. The van der Waals surface area contributed by atoms with Gasteiger partial charge in [0.05, 0.1) is 11.0 Å². The quantitative estimate of drug-likeness (QED) is 0.591. The van der Waals surface area contributed by atoms with Crippen molar-refractivity contribution in [3.05, 3.63) is 45.9 Å². The van der Waals surface area contributed by atoms with Crippen molar-refractivity contribution in [2.24, 2.45) is 0 Å². The lowest BCUT2D eigenvalue weighted by molar-refractivity contribution is 1.30. The lowest BCUT2D eigenvalue weighted by Gasteiger charge is -2.00. The molecular weight excluding hydrogens is 200 g/mol. The van der Waals surface area contributed by atoms with Crippen molar-refractivity contribution in [1.29, 1.82) is 0 Å². The SMILES string of the molecule is Cc1ccc2c(c1)c(=O)[nH]c1cc(C)[nH]c12. The average molecular weight is 212 g/mol. The fourth-order valence-electron chi connectivity index (χ4n) is 2.15. The van der Waals surface area contributed by atoms with Crippen LogP contribution in [-0.2, 0) is 0 Å². The number of pyridine rings is 1. The number of fused-ring (bicyclic) bond motifs is 3. The minimum atomic E-state index is -0.0230. The third-order valence-electron chi connectivity index (χ3n) is 2.89. The zero-order valence-electron chi connectivity index (χ0n) is 9.22. The van der Waals surface area contributed by atoms with E-state index in [0.717, 1.165) is 33.1 Å². The van der Waals surface area contributed by atoms with Gasteiger partial charge in [-0.2, -0.15) is 0 Å². The van der Waals surface area contributed by atoms with E-state index in [9.17, 15) is 4.79 Å². The second-order valence-corrected chi connectivity index (χ2v) is 4.24. The van der Waals surface area contributed by atoms with Crippen molar-refractivity contribution in [2.75, 3.05) is 0 Å². The molecule has 3 aromatic rings. The van der Waals surface area contributed by atoms with E-state index in [1.807, 2.05) is 38.1 Å². The average Bonchev–Trinajstić information content (AvgIpc) is 2.59. The van der Waals surface area contributed by atoms with Gasteiger partial charge < -0.3 is 9.97 Å². The van der Waals surface area contributed by atoms with Crippen LogP contribution in [0.4, 0.5) is 0 Å². The van der Waals surface area contributed by atoms with Crippen molar-refractivity contribution >= 4 is 21.8 Å². The molecular formula is C13H12N2O. The number of hydrogen-bond acceptors (Lipinski definition) is 1. The van der Waals surface area contributed by atoms with Gasteiger partial charge in [0.1, 0.15) is 0 Å². The van der Waals surface area contributed by atoms with Crippen molar-refractivity contribution in [3.8, 4) is 0 Å². The highest BCUT2D eigenvalue weighted by Gasteiger charge is 2.06. The summed E-state index contributed by atoms with van der Waals surface area (Å²) in [5, 5.41) is 1.73. The smallest absolute Gasteiger partial charge is 0.256 e. The number of benzene rings is 1. The highest BCUT2D eigenvalue weighted by atomic mass is 16.1. The van der Waals surface area contributed by atoms with Crippen molar-refractivity contribution in [3.63, 3.8) is 0 Å². The van der Waals surface area contributed by atoms with E-state index < -0.39 is 0 Å². The molecule has 2 heterocycles. The summed E-state index contributed by atoms with van der Waals surface area (Å²) >= 11 is 0. The molecule has 0 unspecified atom stereocenters. The molecule has 0 amide bonds. The van der Waals surface area contributed by atoms with Gasteiger partial charge in [-0.3, -0.25) is 4.79 Å². The Morgan fingerprint density at radius 3 is 2.62 bits per heavy atom. The van der Waals surface area contributed by atoms with Crippen LogP contribution in [0.15, 0.2) is 29.1 Å². The van der Waals surface area contributed by atoms with Crippen LogP contribution in [0.3, 0.4) is 0 Å². The summed E-state index contributed by atoms with van der Waals surface area (Å²) in [6, 6.07) is 7.90. The largest absolute Gasteiger partial charge is 0.357 e. The first-order chi connectivity index (χ1) is 7.65. The Hall–Kier alpha value is -2.03. The molecule has 0 aliphatic heterocycles. The number of rotatable bonds is 0. The van der Waals surface area contributed by atoms with E-state index in [-0.39, 0.29) is 5.56 Å². The maximum Gasteiger partial charge on any atom is 0.256 e. The van der Waals surface area contributed by atoms with Crippen molar-refractivity contribution < 1.29 is 0 Å². The fourth-order valence-corrected chi connectivity index (χ4v) is 2.15. The van der Waals surface area contributed by atoms with Gasteiger partial charge in [0.25, 0.3) is 5.56 Å². The molecule has 2 N–H and O–H groups in total. The molecule has 16 heavy (non-hydrogen) atoms. The Morgan fingerprint density at radius 2 is 1.81 bits per heavy atom. The summed E-state index contributed by atoms with van der Waals surface area (Å²) in [6.07, 6.45) is 0. The van der Waals surface area contributed by atoms with Gasteiger partial charge in [0.15, 0.2) is 0 Å². The number of aromatic nitrogens is 2. The molecule has 2 aromatic heterocycles. The van der Waals surface area contributed by atoms with Crippen molar-refractivity contribution in [1.82, 2.24) is 9.97 Å². The molecule has 0 radical (unpaired) electrons. The molecule has 0 spiro atoms. The van der Waals surface area contributed by atoms with Gasteiger partial charge in [-0.1, -0.05) is 17.7 Å². The van der Waals surface area contributed by atoms with E-state index in [1.54, 1.807) is 0 Å². The van der Waals surface area contributed by atoms with Gasteiger partial charge in [0.2, 0.25) is 0 Å². The summed E-state index contributed by atoms with van der Waals surface area (Å²) in [7, 11) is 0. The summed E-state index contributed by atoms with van der Waals surface area (Å²) in [5.41, 5.74) is 4.01. The minimum absolute atomic E-state index is 0.0230. The topological polar surface area (TPSA) is 48.6 Å². The predicted molar refractivity (Wildman–Crippen MR) is 65.9 cm³/mol. The van der Waals surface area contributed by atoms with Crippen LogP contribution in [0.1, 0.15) is 11.3 Å². The fraction of sp³-hybridized carbons (Fsp3) is 0.154. The minimum Gasteiger partial charge on any atom is -0.357 e. The predicted octanol–water partition coefficient (Wildman–Crippen LogP) is 2.63. The van der Waals surface area contributed by atoms with E-state index in [0.29, 0.717) is 0 Å². The van der Waals surface area contributed by atoms with Crippen LogP contribution in [-0.4, -0.2) is 9.97 Å². The summed E-state index contributed by atoms with van der Waals surface area (Å²) in [4.78, 5) is 18.1. The van der Waals surface area contributed by atoms with Crippen LogP contribution in [0.2, 0.25) is 0 Å². The third kappa shape index (κ3) is 1.18. The highest BCUT2D eigenvalue weighted by molar-refractivity contribution is 6.03. The molecule has 0 bridgehead atoms. The van der Waals surface area contributed by atoms with Crippen LogP contribution in [0.5, 0.6) is 0 Å². The third-order valence-corrected chi connectivity index (χ3v) is 2.89. The normalized spacial score (nSPS) is 11.4. The van der Waals surface area contributed by atoms with Gasteiger partial charge in [-0.25, -0.2) is 0 Å². The molecule has 0 aliphatic carbocycles. The summed E-state index contributed by atoms with van der Waals surface area (Å²) in [5.74, 6) is 0. The zero-order valence-corrected chi connectivity index (χ0v) is 9.22. The Balaban J connectivity index is 2.64. The lowest BCUT2D eigenvalue weighted by Crippen LogP contribution is -2.05. The van der Waals surface area contributed by atoms with E-state index in [4.69, 9.17) is 0 Å². The molecule has 3 heteroatoms. The van der Waals surface area contributed by atoms with Gasteiger partial charge in [-0.05, 0) is 26.0 Å². The molecule has 1 aromatic carbocycles. The molecule has 3 rings (SSSR count).